The van der Waals surface area contributed by atoms with E-state index in [1.54, 1.807) is 11.4 Å². The van der Waals surface area contributed by atoms with Gasteiger partial charge in [0.2, 0.25) is 0 Å². The van der Waals surface area contributed by atoms with Crippen LogP contribution in [0.3, 0.4) is 0 Å². The largest absolute Gasteiger partial charge is 0.351 e. The molecule has 0 aliphatic carbocycles. The lowest BCUT2D eigenvalue weighted by atomic mass is 9.99. The maximum Gasteiger partial charge on any atom is 0.262 e. The van der Waals surface area contributed by atoms with Gasteiger partial charge in [-0.25, -0.2) is 4.98 Å². The van der Waals surface area contributed by atoms with Crippen molar-refractivity contribution in [2.45, 2.75) is 19.4 Å². The highest BCUT2D eigenvalue weighted by Crippen LogP contribution is 2.19. The van der Waals surface area contributed by atoms with Crippen molar-refractivity contribution in [2.24, 2.45) is 5.92 Å². The lowest BCUT2D eigenvalue weighted by Crippen LogP contribution is -2.33. The van der Waals surface area contributed by atoms with E-state index in [2.05, 4.69) is 14.9 Å². The molecule has 0 spiro atoms. The monoisotopic (exact) mass is 286 g/mol. The Balaban J connectivity index is 1.58. The average molecular weight is 286 g/mol. The number of imidazole rings is 1. The Morgan fingerprint density at radius 3 is 3.40 bits per heavy atom. The van der Waals surface area contributed by atoms with Crippen molar-refractivity contribution < 1.29 is 4.79 Å². The fourth-order valence-electron chi connectivity index (χ4n) is 2.49. The number of fused-ring (bicyclic) bond motifs is 1. The summed E-state index contributed by atoms with van der Waals surface area (Å²) in [4.78, 5) is 16.8. The molecule has 1 aliphatic rings. The lowest BCUT2D eigenvalue weighted by molar-refractivity contribution is 0.0947. The van der Waals surface area contributed by atoms with E-state index in [1.807, 2.05) is 18.5 Å². The van der Waals surface area contributed by atoms with Crippen LogP contribution < -0.4 is 5.32 Å². The molecule has 6 heteroatoms. The van der Waals surface area contributed by atoms with Gasteiger partial charge in [0.05, 0.1) is 5.56 Å². The third kappa shape index (κ3) is 2.45. The van der Waals surface area contributed by atoms with Gasteiger partial charge >= 0.3 is 0 Å². The summed E-state index contributed by atoms with van der Waals surface area (Å²) < 4.78 is 2.15. The van der Waals surface area contributed by atoms with E-state index in [0.29, 0.717) is 22.9 Å². The van der Waals surface area contributed by atoms with Crippen molar-refractivity contribution in [3.05, 3.63) is 40.1 Å². The van der Waals surface area contributed by atoms with Crippen molar-refractivity contribution in [3.63, 3.8) is 0 Å². The van der Waals surface area contributed by atoms with Gasteiger partial charge < -0.3 is 9.88 Å². The van der Waals surface area contributed by atoms with E-state index in [0.717, 1.165) is 25.2 Å². The first-order chi connectivity index (χ1) is 9.78. The number of nitrogens with zero attached hydrogens (tertiary/aromatic N) is 3. The molecule has 3 heterocycles. The second-order valence-corrected chi connectivity index (χ2v) is 5.80. The highest BCUT2D eigenvalue weighted by atomic mass is 32.1. The lowest BCUT2D eigenvalue weighted by Gasteiger charge is -2.23. The summed E-state index contributed by atoms with van der Waals surface area (Å²) in [7, 11) is 0. The van der Waals surface area contributed by atoms with Gasteiger partial charge in [-0.05, 0) is 23.8 Å². The summed E-state index contributed by atoms with van der Waals surface area (Å²) in [6.07, 6.45) is 5.79. The Morgan fingerprint density at radius 2 is 2.55 bits per heavy atom. The predicted molar refractivity (Wildman–Crippen MR) is 75.4 cm³/mol. The van der Waals surface area contributed by atoms with E-state index < -0.39 is 0 Å². The second-order valence-electron chi connectivity index (χ2n) is 4.89. The van der Waals surface area contributed by atoms with Crippen LogP contribution in [0, 0.1) is 17.2 Å². The fraction of sp³-hybridized carbons (Fsp3) is 0.357. The molecule has 1 atom stereocenters. The number of rotatable bonds is 3. The third-order valence-corrected chi connectivity index (χ3v) is 4.49. The number of aryl methyl sites for hydroxylation is 1. The van der Waals surface area contributed by atoms with Gasteiger partial charge in [0.15, 0.2) is 0 Å². The van der Waals surface area contributed by atoms with Crippen LogP contribution in [0.25, 0.3) is 0 Å². The molecule has 1 amide bonds. The Kier molecular flexibility index (Phi) is 3.52. The molecule has 1 aliphatic heterocycles. The van der Waals surface area contributed by atoms with Crippen molar-refractivity contribution in [3.8, 4) is 6.07 Å². The summed E-state index contributed by atoms with van der Waals surface area (Å²) in [5.41, 5.74) is 0.452. The number of thiophene rings is 1. The van der Waals surface area contributed by atoms with Gasteiger partial charge in [-0.3, -0.25) is 4.79 Å². The molecule has 0 fully saturated rings. The standard InChI is InChI=1S/C14H14N4OS/c15-7-11-3-6-20-13(11)14(19)17-8-10-1-2-12-16-4-5-18(12)9-10/h3-6,10H,1-2,8-9H2,(H,17,19)/t10-/m0/s1. The Labute approximate surface area is 120 Å². The summed E-state index contributed by atoms with van der Waals surface area (Å²) in [5.74, 6) is 1.40. The van der Waals surface area contributed by atoms with Gasteiger partial charge in [0.25, 0.3) is 5.91 Å². The zero-order valence-electron chi connectivity index (χ0n) is 10.9. The molecule has 20 heavy (non-hydrogen) atoms. The number of hydrogen-bond acceptors (Lipinski definition) is 4. The minimum absolute atomic E-state index is 0.145. The Bertz CT molecular complexity index is 667. The van der Waals surface area contributed by atoms with Gasteiger partial charge in [-0.15, -0.1) is 11.3 Å². The normalized spacial score (nSPS) is 17.2. The molecule has 2 aromatic rings. The number of nitrogens with one attached hydrogen (secondary N) is 1. The molecule has 0 unspecified atom stereocenters. The van der Waals surface area contributed by atoms with Crippen LogP contribution in [0.1, 0.15) is 27.5 Å². The third-order valence-electron chi connectivity index (χ3n) is 3.58. The van der Waals surface area contributed by atoms with E-state index in [1.165, 1.54) is 11.3 Å². The molecule has 5 nitrogen and oxygen atoms in total. The summed E-state index contributed by atoms with van der Waals surface area (Å²) in [5, 5.41) is 13.6. The first-order valence-electron chi connectivity index (χ1n) is 6.53. The number of carbonyl (C=O) groups is 1. The van der Waals surface area contributed by atoms with Gasteiger partial charge in [-0.1, -0.05) is 0 Å². The quantitative estimate of drug-likeness (QED) is 0.935. The summed E-state index contributed by atoms with van der Waals surface area (Å²) >= 11 is 1.31. The van der Waals surface area contributed by atoms with E-state index in [4.69, 9.17) is 5.26 Å². The minimum Gasteiger partial charge on any atom is -0.351 e. The smallest absolute Gasteiger partial charge is 0.262 e. The van der Waals surface area contributed by atoms with Crippen LogP contribution in [-0.4, -0.2) is 22.0 Å². The minimum atomic E-state index is -0.145. The molecule has 0 aromatic carbocycles. The zero-order valence-corrected chi connectivity index (χ0v) is 11.7. The number of amides is 1. The number of hydrogen-bond donors (Lipinski definition) is 1. The number of nitriles is 1. The molecule has 3 rings (SSSR count). The summed E-state index contributed by atoms with van der Waals surface area (Å²) in [6, 6.07) is 3.72. The van der Waals surface area contributed by atoms with Crippen molar-refractivity contribution >= 4 is 17.2 Å². The van der Waals surface area contributed by atoms with E-state index >= 15 is 0 Å². The predicted octanol–water partition coefficient (Wildman–Crippen LogP) is 1.81. The van der Waals surface area contributed by atoms with Crippen LogP contribution in [0.4, 0.5) is 0 Å². The van der Waals surface area contributed by atoms with Crippen LogP contribution >= 0.6 is 11.3 Å². The highest BCUT2D eigenvalue weighted by molar-refractivity contribution is 7.12. The van der Waals surface area contributed by atoms with Crippen molar-refractivity contribution in [1.82, 2.24) is 14.9 Å². The van der Waals surface area contributed by atoms with E-state index in [9.17, 15) is 4.79 Å². The van der Waals surface area contributed by atoms with Crippen molar-refractivity contribution in [2.75, 3.05) is 6.54 Å². The molecule has 2 aromatic heterocycles. The first-order valence-corrected chi connectivity index (χ1v) is 7.41. The average Bonchev–Trinajstić information content (AvgIpc) is 3.12. The Hall–Kier alpha value is -2.13. The number of carbonyl (C=O) groups excluding carboxylic acids is 1. The van der Waals surface area contributed by atoms with Crippen LogP contribution in [0.2, 0.25) is 0 Å². The molecule has 102 valence electrons. The molecule has 0 saturated carbocycles. The molecule has 0 bridgehead atoms. The van der Waals surface area contributed by atoms with Crippen LogP contribution in [-0.2, 0) is 13.0 Å². The SMILES string of the molecule is N#Cc1ccsc1C(=O)NC[C@@H]1CCc2nccn2C1. The topological polar surface area (TPSA) is 70.7 Å². The number of aromatic nitrogens is 2. The van der Waals surface area contributed by atoms with E-state index in [-0.39, 0.29) is 5.91 Å². The first kappa shape index (κ1) is 12.9. The van der Waals surface area contributed by atoms with Crippen LogP contribution in [0.5, 0.6) is 0 Å². The van der Waals surface area contributed by atoms with Gasteiger partial charge in [0.1, 0.15) is 16.8 Å². The molecule has 0 saturated heterocycles. The van der Waals surface area contributed by atoms with Gasteiger partial charge in [0, 0.05) is 31.9 Å². The fourth-order valence-corrected chi connectivity index (χ4v) is 3.25. The zero-order chi connectivity index (χ0) is 13.9. The maximum absolute atomic E-state index is 12.1. The van der Waals surface area contributed by atoms with Crippen molar-refractivity contribution in [1.29, 1.82) is 5.26 Å². The maximum atomic E-state index is 12.1. The Morgan fingerprint density at radius 1 is 1.65 bits per heavy atom. The second kappa shape index (κ2) is 5.47. The highest BCUT2D eigenvalue weighted by Gasteiger charge is 2.20. The van der Waals surface area contributed by atoms with Crippen LogP contribution in [0.15, 0.2) is 23.8 Å². The molecular formula is C14H14N4OS. The molecule has 1 N–H and O–H groups in total. The summed E-state index contributed by atoms with van der Waals surface area (Å²) in [6.45, 7) is 1.53. The van der Waals surface area contributed by atoms with Gasteiger partial charge in [-0.2, -0.15) is 5.26 Å². The molecule has 0 radical (unpaired) electrons. The molecular weight excluding hydrogens is 272 g/mol.